The Kier molecular flexibility index (Phi) is 15.5. The lowest BCUT2D eigenvalue weighted by atomic mass is 10.1. The van der Waals surface area contributed by atoms with Crippen LogP contribution in [0.1, 0.15) is 90.4 Å². The van der Waals surface area contributed by atoms with E-state index in [1.165, 1.54) is 38.5 Å². The van der Waals surface area contributed by atoms with Gasteiger partial charge in [0.1, 0.15) is 0 Å². The number of amides is 1. The minimum Gasteiger partial charge on any atom is -0.393 e. The topological polar surface area (TPSA) is 40.5 Å². The molecule has 0 aromatic carbocycles. The van der Waals surface area contributed by atoms with E-state index in [0.29, 0.717) is 6.42 Å². The van der Waals surface area contributed by atoms with Crippen LogP contribution < -0.4 is 0 Å². The number of rotatable bonds is 15. The average molecular weight is 326 g/mol. The molecule has 1 N–H and O–H groups in total. The summed E-state index contributed by atoms with van der Waals surface area (Å²) in [4.78, 5) is 13.1. The number of aliphatic hydroxyl groups is 1. The monoisotopic (exact) mass is 325 g/mol. The van der Waals surface area contributed by atoms with Gasteiger partial charge in [-0.3, -0.25) is 4.79 Å². The van der Waals surface area contributed by atoms with Crippen LogP contribution in [0.4, 0.5) is 0 Å². The molecule has 0 heterocycles. The summed E-state index contributed by atoms with van der Waals surface area (Å²) < 4.78 is 0. The van der Waals surface area contributed by atoms with E-state index in [2.05, 4.69) is 19.1 Å². The van der Waals surface area contributed by atoms with Crippen LogP contribution in [0.2, 0.25) is 0 Å². The van der Waals surface area contributed by atoms with Crippen molar-refractivity contribution < 1.29 is 9.90 Å². The standard InChI is InChI=1S/C20H39NO2/c1-4-5-6-13-16-19(22)17-14-11-9-7-8-10-12-15-18-20(23)21(2)3/h11,14,19,22H,4-10,12-13,15-18H2,1-3H3/b14-11-/t19-/m1/s1. The Morgan fingerprint density at radius 3 is 2.30 bits per heavy atom. The highest BCUT2D eigenvalue weighted by Crippen LogP contribution is 2.10. The Labute approximate surface area is 144 Å². The predicted molar refractivity (Wildman–Crippen MR) is 99.5 cm³/mol. The number of hydrogen-bond acceptors (Lipinski definition) is 2. The number of hydrogen-bond donors (Lipinski definition) is 1. The van der Waals surface area contributed by atoms with Crippen molar-refractivity contribution >= 4 is 5.91 Å². The SMILES string of the molecule is CCCCCC[C@@H](O)C/C=C\CCCCCCCC(=O)N(C)C. The lowest BCUT2D eigenvalue weighted by Crippen LogP contribution is -2.20. The molecule has 0 saturated carbocycles. The minimum absolute atomic E-state index is 0.155. The van der Waals surface area contributed by atoms with E-state index in [1.807, 2.05) is 14.1 Å². The molecule has 0 aromatic rings. The fourth-order valence-corrected chi connectivity index (χ4v) is 2.59. The molecule has 0 aliphatic carbocycles. The molecule has 23 heavy (non-hydrogen) atoms. The van der Waals surface area contributed by atoms with Gasteiger partial charge < -0.3 is 10.0 Å². The fraction of sp³-hybridized carbons (Fsp3) is 0.850. The first-order valence-corrected chi connectivity index (χ1v) is 9.61. The molecular weight excluding hydrogens is 286 g/mol. The number of nitrogens with zero attached hydrogens (tertiary/aromatic N) is 1. The third-order valence-corrected chi connectivity index (χ3v) is 4.23. The minimum atomic E-state index is -0.155. The maximum Gasteiger partial charge on any atom is 0.222 e. The summed E-state index contributed by atoms with van der Waals surface area (Å²) in [6.45, 7) is 2.21. The zero-order valence-electron chi connectivity index (χ0n) is 15.7. The average Bonchev–Trinajstić information content (AvgIpc) is 2.53. The van der Waals surface area contributed by atoms with Crippen LogP contribution >= 0.6 is 0 Å². The van der Waals surface area contributed by atoms with E-state index >= 15 is 0 Å². The van der Waals surface area contributed by atoms with Crippen LogP contribution in [-0.4, -0.2) is 36.1 Å². The molecule has 0 spiro atoms. The highest BCUT2D eigenvalue weighted by atomic mass is 16.3. The second kappa shape index (κ2) is 16.0. The molecule has 136 valence electrons. The lowest BCUT2D eigenvalue weighted by Gasteiger charge is -2.09. The highest BCUT2D eigenvalue weighted by Gasteiger charge is 2.02. The number of carbonyl (C=O) groups excluding carboxylic acids is 1. The van der Waals surface area contributed by atoms with Crippen molar-refractivity contribution in [2.75, 3.05) is 14.1 Å². The Hall–Kier alpha value is -0.830. The van der Waals surface area contributed by atoms with E-state index in [0.717, 1.165) is 38.5 Å². The van der Waals surface area contributed by atoms with Gasteiger partial charge in [-0.2, -0.15) is 0 Å². The molecule has 0 unspecified atom stereocenters. The second-order valence-electron chi connectivity index (χ2n) is 6.80. The quantitative estimate of drug-likeness (QED) is 0.337. The Balaban J connectivity index is 3.32. The van der Waals surface area contributed by atoms with Gasteiger partial charge in [-0.15, -0.1) is 0 Å². The first-order valence-electron chi connectivity index (χ1n) is 9.61. The molecular formula is C20H39NO2. The molecule has 0 bridgehead atoms. The largest absolute Gasteiger partial charge is 0.393 e. The molecule has 0 aliphatic rings. The van der Waals surface area contributed by atoms with E-state index in [4.69, 9.17) is 0 Å². The zero-order chi connectivity index (χ0) is 17.3. The molecule has 3 heteroatoms. The van der Waals surface area contributed by atoms with Gasteiger partial charge in [-0.1, -0.05) is 64.0 Å². The molecule has 0 saturated heterocycles. The van der Waals surface area contributed by atoms with Crippen molar-refractivity contribution in [3.8, 4) is 0 Å². The fourth-order valence-electron chi connectivity index (χ4n) is 2.59. The maximum absolute atomic E-state index is 11.4. The number of carbonyl (C=O) groups is 1. The summed E-state index contributed by atoms with van der Waals surface area (Å²) in [5.74, 6) is 0.237. The van der Waals surface area contributed by atoms with Crippen molar-refractivity contribution in [2.24, 2.45) is 0 Å². The van der Waals surface area contributed by atoms with Crippen LogP contribution in [-0.2, 0) is 4.79 Å². The second-order valence-corrected chi connectivity index (χ2v) is 6.80. The van der Waals surface area contributed by atoms with E-state index < -0.39 is 0 Å². The summed E-state index contributed by atoms with van der Waals surface area (Å²) in [6.07, 6.45) is 18.5. The molecule has 0 radical (unpaired) electrons. The van der Waals surface area contributed by atoms with E-state index in [9.17, 15) is 9.90 Å². The van der Waals surface area contributed by atoms with Crippen molar-refractivity contribution in [1.29, 1.82) is 0 Å². The number of unbranched alkanes of at least 4 members (excludes halogenated alkanes) is 8. The number of aliphatic hydroxyl groups excluding tert-OH is 1. The molecule has 3 nitrogen and oxygen atoms in total. The third-order valence-electron chi connectivity index (χ3n) is 4.23. The van der Waals surface area contributed by atoms with Gasteiger partial charge in [0.25, 0.3) is 0 Å². The van der Waals surface area contributed by atoms with Crippen LogP contribution in [0, 0.1) is 0 Å². The van der Waals surface area contributed by atoms with Crippen molar-refractivity contribution in [3.63, 3.8) is 0 Å². The summed E-state index contributed by atoms with van der Waals surface area (Å²) >= 11 is 0. The highest BCUT2D eigenvalue weighted by molar-refractivity contribution is 5.75. The normalized spacial score (nSPS) is 12.7. The van der Waals surface area contributed by atoms with Crippen LogP contribution in [0.5, 0.6) is 0 Å². The van der Waals surface area contributed by atoms with Crippen molar-refractivity contribution in [2.45, 2.75) is 96.5 Å². The van der Waals surface area contributed by atoms with Gasteiger partial charge in [0.15, 0.2) is 0 Å². The number of allylic oxidation sites excluding steroid dienone is 1. The van der Waals surface area contributed by atoms with Gasteiger partial charge in [-0.25, -0.2) is 0 Å². The molecule has 1 amide bonds. The van der Waals surface area contributed by atoms with Gasteiger partial charge in [0.05, 0.1) is 6.10 Å². The molecule has 0 rings (SSSR count). The van der Waals surface area contributed by atoms with E-state index in [1.54, 1.807) is 4.90 Å². The summed E-state index contributed by atoms with van der Waals surface area (Å²) in [5, 5.41) is 9.85. The smallest absolute Gasteiger partial charge is 0.222 e. The Bertz CT molecular complexity index is 300. The summed E-state index contributed by atoms with van der Waals surface area (Å²) in [6, 6.07) is 0. The van der Waals surface area contributed by atoms with Crippen LogP contribution in [0.15, 0.2) is 12.2 Å². The van der Waals surface area contributed by atoms with Gasteiger partial charge in [0, 0.05) is 20.5 Å². The van der Waals surface area contributed by atoms with Crippen LogP contribution in [0.3, 0.4) is 0 Å². The Morgan fingerprint density at radius 1 is 0.957 bits per heavy atom. The Morgan fingerprint density at radius 2 is 1.61 bits per heavy atom. The van der Waals surface area contributed by atoms with E-state index in [-0.39, 0.29) is 12.0 Å². The molecule has 0 aromatic heterocycles. The molecule has 0 aliphatic heterocycles. The lowest BCUT2D eigenvalue weighted by molar-refractivity contribution is -0.128. The van der Waals surface area contributed by atoms with Gasteiger partial charge in [-0.05, 0) is 32.1 Å². The first-order chi connectivity index (χ1) is 11.1. The van der Waals surface area contributed by atoms with Crippen LogP contribution in [0.25, 0.3) is 0 Å². The summed E-state index contributed by atoms with van der Waals surface area (Å²) in [7, 11) is 3.63. The molecule has 1 atom stereocenters. The third kappa shape index (κ3) is 15.8. The predicted octanol–water partition coefficient (Wildman–Crippen LogP) is 5.08. The van der Waals surface area contributed by atoms with Crippen molar-refractivity contribution in [1.82, 2.24) is 4.90 Å². The molecule has 0 fully saturated rings. The zero-order valence-corrected chi connectivity index (χ0v) is 15.7. The van der Waals surface area contributed by atoms with Gasteiger partial charge in [0.2, 0.25) is 5.91 Å². The first kappa shape index (κ1) is 22.2. The van der Waals surface area contributed by atoms with Crippen molar-refractivity contribution in [3.05, 3.63) is 12.2 Å². The summed E-state index contributed by atoms with van der Waals surface area (Å²) in [5.41, 5.74) is 0. The maximum atomic E-state index is 11.4. The van der Waals surface area contributed by atoms with Gasteiger partial charge >= 0.3 is 0 Å².